The maximum absolute atomic E-state index is 3.68. The van der Waals surface area contributed by atoms with Crippen LogP contribution in [-0.4, -0.2) is 36.5 Å². The van der Waals surface area contributed by atoms with Gasteiger partial charge >= 0.3 is 0 Å². The topological polar surface area (TPSA) is 6.48 Å². The first kappa shape index (κ1) is 10.0. The zero-order valence-corrected chi connectivity index (χ0v) is 6.86. The molecule has 0 bridgehead atoms. The van der Waals surface area contributed by atoms with Crippen molar-refractivity contribution in [2.45, 2.75) is 0 Å². The lowest BCUT2D eigenvalue weighted by Gasteiger charge is -2.27. The SMILES string of the molecule is C=CCN1C=CN(C)CC1.F. The van der Waals surface area contributed by atoms with E-state index in [1.54, 1.807) is 0 Å². The largest absolute Gasteiger partial charge is 0.377 e. The van der Waals surface area contributed by atoms with Crippen LogP contribution in [0.1, 0.15) is 0 Å². The summed E-state index contributed by atoms with van der Waals surface area (Å²) in [4.78, 5) is 4.42. The average molecular weight is 158 g/mol. The van der Waals surface area contributed by atoms with Gasteiger partial charge in [0.2, 0.25) is 0 Å². The minimum Gasteiger partial charge on any atom is -0.377 e. The third-order valence-electron chi connectivity index (χ3n) is 1.64. The summed E-state index contributed by atoms with van der Waals surface area (Å²) in [7, 11) is 2.09. The molecular formula is C8H15FN2. The van der Waals surface area contributed by atoms with Crippen molar-refractivity contribution in [2.24, 2.45) is 0 Å². The van der Waals surface area contributed by atoms with Gasteiger partial charge in [-0.05, 0) is 0 Å². The van der Waals surface area contributed by atoms with Gasteiger partial charge < -0.3 is 9.80 Å². The van der Waals surface area contributed by atoms with Gasteiger partial charge in [0.1, 0.15) is 0 Å². The second-order valence-electron chi connectivity index (χ2n) is 2.56. The van der Waals surface area contributed by atoms with Gasteiger partial charge in [-0.1, -0.05) is 6.08 Å². The normalized spacial score (nSPS) is 16.1. The van der Waals surface area contributed by atoms with Crippen molar-refractivity contribution in [1.29, 1.82) is 0 Å². The summed E-state index contributed by atoms with van der Waals surface area (Å²) in [6.45, 7) is 6.87. The molecule has 0 atom stereocenters. The molecule has 0 aliphatic carbocycles. The minimum atomic E-state index is 0. The molecule has 1 heterocycles. The molecule has 0 spiro atoms. The molecule has 0 aromatic heterocycles. The van der Waals surface area contributed by atoms with Crippen LogP contribution in [0.5, 0.6) is 0 Å². The summed E-state index contributed by atoms with van der Waals surface area (Å²) >= 11 is 0. The molecular weight excluding hydrogens is 143 g/mol. The number of halogens is 1. The number of rotatable bonds is 2. The van der Waals surface area contributed by atoms with E-state index < -0.39 is 0 Å². The lowest BCUT2D eigenvalue weighted by Crippen LogP contribution is -2.32. The van der Waals surface area contributed by atoms with Crippen molar-refractivity contribution < 1.29 is 4.70 Å². The molecule has 0 aromatic carbocycles. The van der Waals surface area contributed by atoms with Crippen LogP contribution in [-0.2, 0) is 0 Å². The Labute approximate surface area is 67.2 Å². The van der Waals surface area contributed by atoms with Crippen LogP contribution in [0.4, 0.5) is 4.70 Å². The zero-order chi connectivity index (χ0) is 7.40. The molecule has 11 heavy (non-hydrogen) atoms. The predicted octanol–water partition coefficient (Wildman–Crippen LogP) is 1.04. The molecule has 0 saturated carbocycles. The Morgan fingerprint density at radius 3 is 2.64 bits per heavy atom. The van der Waals surface area contributed by atoms with Gasteiger partial charge in [-0.2, -0.15) is 0 Å². The predicted molar refractivity (Wildman–Crippen MR) is 46.0 cm³/mol. The molecule has 1 rings (SSSR count). The van der Waals surface area contributed by atoms with Crippen molar-refractivity contribution in [3.05, 3.63) is 25.1 Å². The van der Waals surface area contributed by atoms with Crippen molar-refractivity contribution in [2.75, 3.05) is 26.7 Å². The summed E-state index contributed by atoms with van der Waals surface area (Å²) in [5.41, 5.74) is 0. The maximum atomic E-state index is 3.68. The molecule has 0 unspecified atom stereocenters. The van der Waals surface area contributed by atoms with E-state index in [1.165, 1.54) is 0 Å². The van der Waals surface area contributed by atoms with Crippen LogP contribution in [0, 0.1) is 0 Å². The summed E-state index contributed by atoms with van der Waals surface area (Å²) < 4.78 is 0. The quantitative estimate of drug-likeness (QED) is 0.554. The molecule has 0 fully saturated rings. The van der Waals surface area contributed by atoms with Gasteiger partial charge in [0.25, 0.3) is 0 Å². The highest BCUT2D eigenvalue weighted by Crippen LogP contribution is 1.99. The second kappa shape index (κ2) is 4.77. The molecule has 0 saturated heterocycles. The summed E-state index contributed by atoms with van der Waals surface area (Å²) in [6.07, 6.45) is 6.12. The van der Waals surface area contributed by atoms with Crippen molar-refractivity contribution in [1.82, 2.24) is 9.80 Å². The fourth-order valence-corrected chi connectivity index (χ4v) is 0.961. The van der Waals surface area contributed by atoms with Crippen molar-refractivity contribution in [3.63, 3.8) is 0 Å². The van der Waals surface area contributed by atoms with E-state index in [9.17, 15) is 0 Å². The standard InChI is InChI=1S/C8H14N2.FH/c1-3-4-10-7-5-9(2)6-8-10;/h3,5,7H,1,4,6,8H2,2H3;1H. The average Bonchev–Trinajstić information content (AvgIpc) is 1.95. The Bertz CT molecular complexity index is 145. The Balaban J connectivity index is 0.000001000. The van der Waals surface area contributed by atoms with Gasteiger partial charge in [-0.3, -0.25) is 4.70 Å². The first-order valence-corrected chi connectivity index (χ1v) is 3.56. The highest BCUT2D eigenvalue weighted by atomic mass is 19.0. The number of hydrogen-bond acceptors (Lipinski definition) is 2. The van der Waals surface area contributed by atoms with E-state index in [2.05, 4.69) is 35.8 Å². The summed E-state index contributed by atoms with van der Waals surface area (Å²) in [5, 5.41) is 0. The summed E-state index contributed by atoms with van der Waals surface area (Å²) in [5.74, 6) is 0. The molecule has 0 amide bonds. The van der Waals surface area contributed by atoms with Crippen LogP contribution < -0.4 is 0 Å². The van der Waals surface area contributed by atoms with Gasteiger partial charge in [-0.25, -0.2) is 0 Å². The third kappa shape index (κ3) is 3.07. The van der Waals surface area contributed by atoms with E-state index in [0.29, 0.717) is 0 Å². The molecule has 1 aliphatic rings. The van der Waals surface area contributed by atoms with E-state index in [0.717, 1.165) is 19.6 Å². The number of nitrogens with zero attached hydrogens (tertiary/aromatic N) is 2. The molecule has 3 heteroatoms. The zero-order valence-electron chi connectivity index (χ0n) is 6.86. The van der Waals surface area contributed by atoms with Crippen LogP contribution in [0.2, 0.25) is 0 Å². The Morgan fingerprint density at radius 2 is 2.18 bits per heavy atom. The molecule has 64 valence electrons. The van der Waals surface area contributed by atoms with Crippen molar-refractivity contribution in [3.8, 4) is 0 Å². The number of hydrogen-bond donors (Lipinski definition) is 0. The van der Waals surface area contributed by atoms with Crippen molar-refractivity contribution >= 4 is 0 Å². The van der Waals surface area contributed by atoms with E-state index in [4.69, 9.17) is 0 Å². The molecule has 2 nitrogen and oxygen atoms in total. The van der Waals surface area contributed by atoms with Crippen LogP contribution >= 0.6 is 0 Å². The van der Waals surface area contributed by atoms with Crippen LogP contribution in [0.3, 0.4) is 0 Å². The molecule has 0 N–H and O–H groups in total. The summed E-state index contributed by atoms with van der Waals surface area (Å²) in [6, 6.07) is 0. The Kier molecular flexibility index (Phi) is 4.34. The smallest absolute Gasteiger partial charge is 0.0352 e. The fraction of sp³-hybridized carbons (Fsp3) is 0.500. The fourth-order valence-electron chi connectivity index (χ4n) is 0.961. The second-order valence-corrected chi connectivity index (χ2v) is 2.56. The van der Waals surface area contributed by atoms with E-state index >= 15 is 0 Å². The Morgan fingerprint density at radius 1 is 1.45 bits per heavy atom. The first-order valence-electron chi connectivity index (χ1n) is 3.56. The van der Waals surface area contributed by atoms with E-state index in [-0.39, 0.29) is 4.70 Å². The number of likely N-dealkylation sites (N-methyl/N-ethyl adjacent to an activating group) is 1. The first-order chi connectivity index (χ1) is 4.83. The van der Waals surface area contributed by atoms with Gasteiger partial charge in [0.15, 0.2) is 0 Å². The lowest BCUT2D eigenvalue weighted by atomic mass is 10.4. The molecule has 1 aliphatic heterocycles. The lowest BCUT2D eigenvalue weighted by molar-refractivity contribution is 0.307. The van der Waals surface area contributed by atoms with Crippen LogP contribution in [0.25, 0.3) is 0 Å². The maximum Gasteiger partial charge on any atom is 0.0352 e. The van der Waals surface area contributed by atoms with Crippen LogP contribution in [0.15, 0.2) is 25.1 Å². The molecule has 0 aromatic rings. The molecule has 0 radical (unpaired) electrons. The van der Waals surface area contributed by atoms with Gasteiger partial charge in [0, 0.05) is 39.1 Å². The van der Waals surface area contributed by atoms with E-state index in [1.807, 2.05) is 6.08 Å². The highest BCUT2D eigenvalue weighted by Gasteiger charge is 2.02. The monoisotopic (exact) mass is 158 g/mol. The Hall–Kier alpha value is -0.990. The minimum absolute atomic E-state index is 0. The van der Waals surface area contributed by atoms with Gasteiger partial charge in [0.05, 0.1) is 0 Å². The highest BCUT2D eigenvalue weighted by molar-refractivity contribution is 4.90. The third-order valence-corrected chi connectivity index (χ3v) is 1.64. The van der Waals surface area contributed by atoms with Gasteiger partial charge in [-0.15, -0.1) is 6.58 Å².